The van der Waals surface area contributed by atoms with Crippen LogP contribution < -0.4 is 15.5 Å². The fraction of sp³-hybridized carbons (Fsp3) is 0.158. The van der Waals surface area contributed by atoms with Crippen molar-refractivity contribution in [2.75, 3.05) is 18.3 Å². The zero-order valence-electron chi connectivity index (χ0n) is 15.6. The minimum absolute atomic E-state index is 0.122. The number of carbonyl (C=O) groups is 1. The standard InChI is InChI=1S/C19H20N6O3S/c1-28-15-8-6-13(7-9-15)10-20-17(27)12-29-19-22-18(24-25-19)23-21-11-14-4-2-3-5-16(14)26/h2-9,11,26H,10,12H2,1H3,(H,20,27)(H2,22,23,24,25)/b21-11+. The van der Waals surface area contributed by atoms with Crippen LogP contribution in [0.25, 0.3) is 0 Å². The highest BCUT2D eigenvalue weighted by Gasteiger charge is 2.07. The Hall–Kier alpha value is -3.53. The van der Waals surface area contributed by atoms with Crippen molar-refractivity contribution >= 4 is 29.8 Å². The first-order chi connectivity index (χ1) is 14.1. The number of benzene rings is 2. The quantitative estimate of drug-likeness (QED) is 0.242. The summed E-state index contributed by atoms with van der Waals surface area (Å²) in [6.07, 6.45) is 1.47. The van der Waals surface area contributed by atoms with Gasteiger partial charge in [0.1, 0.15) is 11.5 Å². The molecule has 2 aromatic carbocycles. The third-order valence-corrected chi connectivity index (χ3v) is 4.60. The Morgan fingerprint density at radius 1 is 1.28 bits per heavy atom. The summed E-state index contributed by atoms with van der Waals surface area (Å²) in [6, 6.07) is 14.3. The molecular formula is C19H20N6O3S. The zero-order valence-corrected chi connectivity index (χ0v) is 16.4. The van der Waals surface area contributed by atoms with E-state index in [9.17, 15) is 9.90 Å². The van der Waals surface area contributed by atoms with E-state index in [2.05, 4.69) is 31.0 Å². The van der Waals surface area contributed by atoms with Crippen LogP contribution in [0.3, 0.4) is 0 Å². The van der Waals surface area contributed by atoms with Crippen LogP contribution in [-0.4, -0.2) is 45.3 Å². The summed E-state index contributed by atoms with van der Waals surface area (Å²) >= 11 is 1.21. The number of rotatable bonds is 9. The molecule has 0 bridgehead atoms. The first kappa shape index (κ1) is 20.2. The number of thioether (sulfide) groups is 1. The van der Waals surface area contributed by atoms with Gasteiger partial charge in [0.05, 0.1) is 19.1 Å². The molecule has 1 amide bonds. The number of amides is 1. The number of anilines is 1. The van der Waals surface area contributed by atoms with Crippen molar-refractivity contribution in [2.24, 2.45) is 5.10 Å². The van der Waals surface area contributed by atoms with Gasteiger partial charge in [-0.2, -0.15) is 10.1 Å². The van der Waals surface area contributed by atoms with Crippen LogP contribution in [0.1, 0.15) is 11.1 Å². The lowest BCUT2D eigenvalue weighted by Gasteiger charge is -2.05. The molecule has 9 nitrogen and oxygen atoms in total. The minimum Gasteiger partial charge on any atom is -0.507 e. The Kier molecular flexibility index (Phi) is 7.06. The maximum Gasteiger partial charge on any atom is 0.240 e. The number of hydrogen-bond donors (Lipinski definition) is 4. The predicted octanol–water partition coefficient (Wildman–Crippen LogP) is 2.37. The molecule has 0 saturated heterocycles. The van der Waals surface area contributed by atoms with Gasteiger partial charge in [0.2, 0.25) is 17.0 Å². The molecule has 3 rings (SSSR count). The molecule has 0 aliphatic rings. The number of para-hydroxylation sites is 1. The Labute approximate surface area is 171 Å². The monoisotopic (exact) mass is 412 g/mol. The van der Waals surface area contributed by atoms with E-state index in [1.54, 1.807) is 31.4 Å². The Balaban J connectivity index is 1.41. The number of H-pyrrole nitrogens is 1. The lowest BCUT2D eigenvalue weighted by molar-refractivity contribution is -0.118. The molecule has 0 aliphatic carbocycles. The minimum atomic E-state index is -0.122. The van der Waals surface area contributed by atoms with Crippen LogP contribution in [-0.2, 0) is 11.3 Å². The number of methoxy groups -OCH3 is 1. The summed E-state index contributed by atoms with van der Waals surface area (Å²) in [7, 11) is 1.61. The van der Waals surface area contributed by atoms with Gasteiger partial charge in [-0.05, 0) is 29.8 Å². The summed E-state index contributed by atoms with van der Waals surface area (Å²) in [5, 5.41) is 23.6. The van der Waals surface area contributed by atoms with Crippen molar-refractivity contribution in [3.05, 3.63) is 59.7 Å². The van der Waals surface area contributed by atoms with E-state index in [1.165, 1.54) is 18.0 Å². The fourth-order valence-corrected chi connectivity index (χ4v) is 2.87. The van der Waals surface area contributed by atoms with E-state index in [1.807, 2.05) is 24.3 Å². The molecule has 0 atom stereocenters. The third-order valence-electron chi connectivity index (χ3n) is 3.76. The van der Waals surface area contributed by atoms with Gasteiger partial charge in [0.25, 0.3) is 0 Å². The largest absolute Gasteiger partial charge is 0.507 e. The smallest absolute Gasteiger partial charge is 0.240 e. The van der Waals surface area contributed by atoms with Crippen molar-refractivity contribution in [3.8, 4) is 11.5 Å². The van der Waals surface area contributed by atoms with E-state index >= 15 is 0 Å². The molecular weight excluding hydrogens is 392 g/mol. The Bertz CT molecular complexity index is 974. The zero-order chi connectivity index (χ0) is 20.5. The Morgan fingerprint density at radius 2 is 2.07 bits per heavy atom. The molecule has 0 unspecified atom stereocenters. The third kappa shape index (κ3) is 6.25. The molecule has 4 N–H and O–H groups in total. The van der Waals surface area contributed by atoms with Crippen molar-refractivity contribution < 1.29 is 14.6 Å². The summed E-state index contributed by atoms with van der Waals surface area (Å²) in [5.74, 6) is 1.30. The lowest BCUT2D eigenvalue weighted by Crippen LogP contribution is -2.24. The van der Waals surface area contributed by atoms with Gasteiger partial charge < -0.3 is 15.2 Å². The van der Waals surface area contributed by atoms with E-state index < -0.39 is 0 Å². The average molecular weight is 412 g/mol. The summed E-state index contributed by atoms with van der Waals surface area (Å²) in [6.45, 7) is 0.436. The van der Waals surface area contributed by atoms with Crippen LogP contribution in [0.15, 0.2) is 58.8 Å². The number of carbonyl (C=O) groups excluding carboxylic acids is 1. The number of hydrazone groups is 1. The molecule has 0 radical (unpaired) electrons. The first-order valence-corrected chi connectivity index (χ1v) is 9.64. The SMILES string of the molecule is COc1ccc(CNC(=O)CSc2n[nH]c(N/N=C/c3ccccc3O)n2)cc1. The summed E-state index contributed by atoms with van der Waals surface area (Å²) in [5.41, 5.74) is 4.24. The maximum atomic E-state index is 12.0. The van der Waals surface area contributed by atoms with Gasteiger partial charge >= 0.3 is 0 Å². The first-order valence-electron chi connectivity index (χ1n) is 8.66. The molecule has 150 valence electrons. The van der Waals surface area contributed by atoms with Crippen LogP contribution in [0.5, 0.6) is 11.5 Å². The van der Waals surface area contributed by atoms with Crippen molar-refractivity contribution in [2.45, 2.75) is 11.7 Å². The molecule has 0 spiro atoms. The number of aromatic hydroxyl groups is 1. The highest BCUT2D eigenvalue weighted by Crippen LogP contribution is 2.15. The summed E-state index contributed by atoms with van der Waals surface area (Å²) < 4.78 is 5.10. The van der Waals surface area contributed by atoms with Gasteiger partial charge in [0.15, 0.2) is 0 Å². The topological polar surface area (TPSA) is 125 Å². The van der Waals surface area contributed by atoms with Crippen LogP contribution >= 0.6 is 11.8 Å². The van der Waals surface area contributed by atoms with E-state index in [4.69, 9.17) is 4.74 Å². The molecule has 10 heteroatoms. The average Bonchev–Trinajstić information content (AvgIpc) is 3.20. The highest BCUT2D eigenvalue weighted by molar-refractivity contribution is 7.99. The molecule has 1 aromatic heterocycles. The number of ether oxygens (including phenoxy) is 1. The number of nitrogens with one attached hydrogen (secondary N) is 3. The number of aromatic nitrogens is 3. The highest BCUT2D eigenvalue weighted by atomic mass is 32.2. The molecule has 29 heavy (non-hydrogen) atoms. The second-order valence-corrected chi connectivity index (χ2v) is 6.75. The van der Waals surface area contributed by atoms with Crippen molar-refractivity contribution in [3.63, 3.8) is 0 Å². The normalized spacial score (nSPS) is 10.8. The van der Waals surface area contributed by atoms with Gasteiger partial charge in [-0.25, -0.2) is 10.5 Å². The van der Waals surface area contributed by atoms with Gasteiger partial charge in [-0.3, -0.25) is 4.79 Å². The van der Waals surface area contributed by atoms with Gasteiger partial charge in [-0.15, -0.1) is 5.10 Å². The van der Waals surface area contributed by atoms with E-state index in [0.717, 1.165) is 11.3 Å². The summed E-state index contributed by atoms with van der Waals surface area (Å²) in [4.78, 5) is 16.2. The molecule has 1 heterocycles. The molecule has 0 saturated carbocycles. The molecule has 0 aliphatic heterocycles. The number of aromatic amines is 1. The van der Waals surface area contributed by atoms with Crippen molar-refractivity contribution in [1.29, 1.82) is 0 Å². The van der Waals surface area contributed by atoms with E-state index in [0.29, 0.717) is 23.2 Å². The maximum absolute atomic E-state index is 12.0. The predicted molar refractivity (Wildman–Crippen MR) is 111 cm³/mol. The van der Waals surface area contributed by atoms with Crippen molar-refractivity contribution in [1.82, 2.24) is 20.5 Å². The second kappa shape index (κ2) is 10.1. The van der Waals surface area contributed by atoms with E-state index in [-0.39, 0.29) is 17.4 Å². The number of hydrogen-bond acceptors (Lipinski definition) is 8. The lowest BCUT2D eigenvalue weighted by atomic mass is 10.2. The fourth-order valence-electron chi connectivity index (χ4n) is 2.25. The second-order valence-electron chi connectivity index (χ2n) is 5.81. The number of nitrogens with zero attached hydrogens (tertiary/aromatic N) is 3. The number of phenols is 1. The van der Waals surface area contributed by atoms with Crippen LogP contribution in [0, 0.1) is 0 Å². The van der Waals surface area contributed by atoms with Crippen LogP contribution in [0.2, 0.25) is 0 Å². The van der Waals surface area contributed by atoms with Gasteiger partial charge in [0, 0.05) is 12.1 Å². The van der Waals surface area contributed by atoms with Crippen LogP contribution in [0.4, 0.5) is 5.95 Å². The molecule has 3 aromatic rings. The number of phenolic OH excluding ortho intramolecular Hbond substituents is 1. The Morgan fingerprint density at radius 3 is 2.83 bits per heavy atom. The van der Waals surface area contributed by atoms with Gasteiger partial charge in [-0.1, -0.05) is 36.0 Å². The molecule has 0 fully saturated rings.